The van der Waals surface area contributed by atoms with E-state index in [4.69, 9.17) is 13.0 Å². The summed E-state index contributed by atoms with van der Waals surface area (Å²) >= 11 is 0. The van der Waals surface area contributed by atoms with Gasteiger partial charge in [-0.25, -0.2) is 0 Å². The van der Waals surface area contributed by atoms with E-state index >= 15 is 0 Å². The van der Waals surface area contributed by atoms with Crippen LogP contribution in [0.4, 0.5) is 0 Å². The summed E-state index contributed by atoms with van der Waals surface area (Å²) in [5, 5.41) is 27.5. The maximum absolute atomic E-state index is 9.47. The van der Waals surface area contributed by atoms with Crippen LogP contribution in [-0.4, -0.2) is 20.3 Å². The fourth-order valence-corrected chi connectivity index (χ4v) is 0.878. The van der Waals surface area contributed by atoms with Crippen LogP contribution in [-0.2, 0) is 13.2 Å². The molecule has 0 saturated carbocycles. The molecule has 0 unspecified atom stereocenters. The number of aromatic nitrogens is 1. The molecule has 12 heavy (non-hydrogen) atoms. The van der Waals surface area contributed by atoms with Gasteiger partial charge in [-0.15, -0.1) is 0 Å². The predicted octanol–water partition coefficient (Wildman–Crippen LogP) is 0.0802. The first-order valence-electron chi connectivity index (χ1n) is 4.39. The molecule has 0 amide bonds. The van der Waals surface area contributed by atoms with E-state index in [1.165, 1.54) is 13.1 Å². The smallest absolute Gasteiger partial charge is 0.142 e. The molecule has 0 radical (unpaired) electrons. The number of aliphatic hydroxyl groups is 2. The van der Waals surface area contributed by atoms with Crippen molar-refractivity contribution in [2.24, 2.45) is 0 Å². The van der Waals surface area contributed by atoms with Crippen LogP contribution in [0.2, 0.25) is 0 Å². The minimum Gasteiger partial charge on any atom is -0.506 e. The number of aromatic hydroxyl groups is 1. The number of pyridine rings is 1. The van der Waals surface area contributed by atoms with Crippen LogP contribution >= 0.6 is 0 Å². The molecule has 0 aliphatic rings. The molecule has 0 bridgehead atoms. The van der Waals surface area contributed by atoms with E-state index in [0.717, 1.165) is 0 Å². The molecule has 66 valence electrons. The molecule has 1 aromatic rings. The zero-order chi connectivity index (χ0) is 10.9. The Morgan fingerprint density at radius 3 is 2.75 bits per heavy atom. The van der Waals surface area contributed by atoms with E-state index in [1.54, 1.807) is 0 Å². The molecule has 0 saturated heterocycles. The molecule has 4 heteroatoms. The average molecular weight is 171 g/mol. The zero-order valence-corrected chi connectivity index (χ0v) is 6.57. The molecule has 0 fully saturated rings. The Morgan fingerprint density at radius 1 is 1.58 bits per heavy atom. The van der Waals surface area contributed by atoms with Crippen molar-refractivity contribution in [1.82, 2.24) is 4.98 Å². The lowest BCUT2D eigenvalue weighted by molar-refractivity contribution is 0.254. The van der Waals surface area contributed by atoms with Gasteiger partial charge in [0.05, 0.1) is 21.6 Å². The van der Waals surface area contributed by atoms with Crippen molar-refractivity contribution in [2.75, 3.05) is 0 Å². The Labute approximate surface area is 72.9 Å². The summed E-state index contributed by atoms with van der Waals surface area (Å²) in [5.41, 5.74) is -0.0526. The summed E-state index contributed by atoms with van der Waals surface area (Å²) < 4.78 is 14.2. The van der Waals surface area contributed by atoms with E-state index in [-0.39, 0.29) is 16.8 Å². The first-order valence-corrected chi connectivity index (χ1v) is 3.39. The maximum Gasteiger partial charge on any atom is 0.142 e. The molecule has 4 nitrogen and oxygen atoms in total. The normalized spacial score (nSPS) is 13.9. The third-order valence-corrected chi connectivity index (χ3v) is 1.60. The molecule has 0 spiro atoms. The fraction of sp³-hybridized carbons (Fsp3) is 0.375. The van der Waals surface area contributed by atoms with Gasteiger partial charge in [-0.2, -0.15) is 0 Å². The largest absolute Gasteiger partial charge is 0.506 e. The average Bonchev–Trinajstić information content (AvgIpc) is 2.07. The summed E-state index contributed by atoms with van der Waals surface area (Å²) in [7, 11) is 0. The van der Waals surface area contributed by atoms with Crippen LogP contribution in [0, 0.1) is 6.92 Å². The summed E-state index contributed by atoms with van der Waals surface area (Å²) in [6.45, 7) is -1.70. The summed E-state index contributed by atoms with van der Waals surface area (Å²) in [5.74, 6) is -0.427. The van der Waals surface area contributed by atoms with Gasteiger partial charge in [0.25, 0.3) is 0 Å². The van der Waals surface area contributed by atoms with E-state index in [0.29, 0.717) is 0 Å². The quantitative estimate of drug-likeness (QED) is 0.589. The second-order valence-corrected chi connectivity index (χ2v) is 2.36. The topological polar surface area (TPSA) is 73.6 Å². The van der Waals surface area contributed by atoms with Crippen LogP contribution in [0.25, 0.3) is 0 Å². The van der Waals surface area contributed by atoms with Gasteiger partial charge in [0, 0.05) is 17.3 Å². The van der Waals surface area contributed by atoms with Crippen LogP contribution in [0.15, 0.2) is 6.20 Å². The van der Waals surface area contributed by atoms with Gasteiger partial charge < -0.3 is 15.3 Å². The Kier molecular flexibility index (Phi) is 1.87. The Hall–Kier alpha value is -1.13. The molecular weight excluding hydrogens is 158 g/mol. The maximum atomic E-state index is 9.47. The molecule has 1 aromatic heterocycles. The Morgan fingerprint density at radius 2 is 2.25 bits per heavy atom. The van der Waals surface area contributed by atoms with Gasteiger partial charge in [-0.3, -0.25) is 4.98 Å². The number of hydrogen-bond acceptors (Lipinski definition) is 4. The lowest BCUT2D eigenvalue weighted by atomic mass is 10.1. The van der Waals surface area contributed by atoms with E-state index < -0.39 is 18.9 Å². The monoisotopic (exact) mass is 171 g/mol. The van der Waals surface area contributed by atoms with Crippen LogP contribution in [0.3, 0.4) is 0 Å². The predicted molar refractivity (Wildman–Crippen MR) is 42.5 cm³/mol. The van der Waals surface area contributed by atoms with Gasteiger partial charge in [0.15, 0.2) is 0 Å². The van der Waals surface area contributed by atoms with Gasteiger partial charge in [-0.1, -0.05) is 0 Å². The second kappa shape index (κ2) is 3.51. The highest BCUT2D eigenvalue weighted by atomic mass is 16.3. The van der Waals surface area contributed by atoms with Crippen molar-refractivity contribution in [2.45, 2.75) is 20.1 Å². The van der Waals surface area contributed by atoms with Crippen LogP contribution < -0.4 is 0 Å². The zero-order valence-electron chi connectivity index (χ0n) is 8.57. The van der Waals surface area contributed by atoms with Crippen LogP contribution in [0.1, 0.15) is 19.6 Å². The van der Waals surface area contributed by atoms with Crippen molar-refractivity contribution >= 4 is 0 Å². The Bertz CT molecular complexity index is 349. The summed E-state index contributed by atoms with van der Waals surface area (Å²) in [6.07, 6.45) is 1.22. The van der Waals surface area contributed by atoms with Gasteiger partial charge in [0.2, 0.25) is 0 Å². The van der Waals surface area contributed by atoms with Crippen molar-refractivity contribution in [1.29, 1.82) is 0 Å². The van der Waals surface area contributed by atoms with E-state index in [9.17, 15) is 5.11 Å². The van der Waals surface area contributed by atoms with Gasteiger partial charge in [0.1, 0.15) is 5.75 Å². The second-order valence-electron chi connectivity index (χ2n) is 2.36. The molecule has 0 atom stereocenters. The number of aryl methyl sites for hydroxylation is 1. The molecule has 0 aromatic carbocycles. The van der Waals surface area contributed by atoms with Crippen LogP contribution in [0.5, 0.6) is 5.75 Å². The van der Waals surface area contributed by atoms with Crippen molar-refractivity contribution in [3.8, 4) is 5.75 Å². The minimum atomic E-state index is -2.68. The molecule has 0 aliphatic heterocycles. The van der Waals surface area contributed by atoms with E-state index in [1.807, 2.05) is 0 Å². The lowest BCUT2D eigenvalue weighted by Crippen LogP contribution is -1.98. The first-order chi connectivity index (χ1) is 6.38. The lowest BCUT2D eigenvalue weighted by Gasteiger charge is -2.07. The van der Waals surface area contributed by atoms with E-state index in [2.05, 4.69) is 4.98 Å². The number of nitrogens with zero attached hydrogens (tertiary/aromatic N) is 1. The fourth-order valence-electron chi connectivity index (χ4n) is 0.878. The van der Waals surface area contributed by atoms with Crippen molar-refractivity contribution in [3.63, 3.8) is 0 Å². The number of hydrogen-bond donors (Lipinski definition) is 3. The molecule has 3 N–H and O–H groups in total. The number of rotatable bonds is 2. The summed E-state index contributed by atoms with van der Waals surface area (Å²) in [4.78, 5) is 3.74. The van der Waals surface area contributed by atoms with Crippen molar-refractivity contribution < 1.29 is 18.1 Å². The highest BCUT2D eigenvalue weighted by Crippen LogP contribution is 2.23. The number of aliphatic hydroxyl groups excluding tert-OH is 1. The van der Waals surface area contributed by atoms with Crippen molar-refractivity contribution in [3.05, 3.63) is 23.0 Å². The first kappa shape index (κ1) is 6.39. The molecule has 0 aliphatic carbocycles. The SMILES string of the molecule is [2H]C([2H])(O)c1c(CO)cnc(C)c1O. The Balaban J connectivity index is 3.44. The highest BCUT2D eigenvalue weighted by molar-refractivity contribution is 5.39. The van der Waals surface area contributed by atoms with Gasteiger partial charge >= 0.3 is 0 Å². The molecule has 1 heterocycles. The third kappa shape index (κ3) is 1.39. The van der Waals surface area contributed by atoms with Gasteiger partial charge in [-0.05, 0) is 6.92 Å². The molecule has 1 rings (SSSR count). The third-order valence-electron chi connectivity index (χ3n) is 1.60. The highest BCUT2D eigenvalue weighted by Gasteiger charge is 2.09. The standard InChI is InChI=1S/C8H11NO3/c1-5-8(12)7(4-11)6(3-10)2-9-5/h2,10-12H,3-4H2,1H3/i4D2. The minimum absolute atomic E-state index is 0.0700. The summed E-state index contributed by atoms with van der Waals surface area (Å²) in [6, 6.07) is 0. The molecular formula is C8H11NO3.